The summed E-state index contributed by atoms with van der Waals surface area (Å²) in [4.78, 5) is 11.0. The topological polar surface area (TPSA) is 26.3 Å². The molecule has 0 bridgehead atoms. The van der Waals surface area contributed by atoms with E-state index < -0.39 is 5.82 Å². The molecule has 0 aliphatic carbocycles. The smallest absolute Gasteiger partial charge is 0.162 e. The monoisotopic (exact) mass is 242 g/mol. The van der Waals surface area contributed by atoms with Gasteiger partial charge < -0.3 is 4.74 Å². The van der Waals surface area contributed by atoms with Gasteiger partial charge in [0.1, 0.15) is 18.2 Å². The van der Waals surface area contributed by atoms with Crippen LogP contribution in [0.25, 0.3) is 0 Å². The molecule has 0 heterocycles. The van der Waals surface area contributed by atoms with Gasteiger partial charge in [-0.25, -0.2) is 4.39 Å². The Bertz CT molecular complexity index is 402. The Morgan fingerprint density at radius 1 is 1.50 bits per heavy atom. The summed E-state index contributed by atoms with van der Waals surface area (Å²) in [5.74, 6) is -0.0554. The molecule has 0 aliphatic rings. The summed E-state index contributed by atoms with van der Waals surface area (Å²) in [6, 6.07) is 4.18. The number of allylic oxidation sites excluding steroid dienone is 1. The number of hydrogen-bond acceptors (Lipinski definition) is 2. The Hall–Kier alpha value is -1.35. The van der Waals surface area contributed by atoms with Crippen molar-refractivity contribution in [3.8, 4) is 5.75 Å². The van der Waals surface area contributed by atoms with Crippen LogP contribution in [-0.2, 0) is 0 Å². The molecular formula is C12H12ClFO2. The van der Waals surface area contributed by atoms with Crippen LogP contribution in [0.2, 0.25) is 0 Å². The highest BCUT2D eigenvalue weighted by atomic mass is 35.5. The van der Waals surface area contributed by atoms with Gasteiger partial charge in [0.2, 0.25) is 0 Å². The molecule has 0 aromatic heterocycles. The number of ketones is 1. The van der Waals surface area contributed by atoms with Crippen LogP contribution in [0.15, 0.2) is 30.4 Å². The lowest BCUT2D eigenvalue weighted by Gasteiger charge is -2.04. The predicted molar refractivity (Wildman–Crippen MR) is 61.8 cm³/mol. The van der Waals surface area contributed by atoms with E-state index in [-0.39, 0.29) is 11.3 Å². The average Bonchev–Trinajstić information content (AvgIpc) is 2.24. The Kier molecular flexibility index (Phi) is 4.99. The Morgan fingerprint density at radius 2 is 2.25 bits per heavy atom. The zero-order valence-corrected chi connectivity index (χ0v) is 9.63. The maximum Gasteiger partial charge on any atom is 0.162 e. The van der Waals surface area contributed by atoms with Crippen molar-refractivity contribution < 1.29 is 13.9 Å². The fourth-order valence-corrected chi connectivity index (χ4v) is 1.27. The second kappa shape index (κ2) is 6.28. The van der Waals surface area contributed by atoms with Gasteiger partial charge in [0.25, 0.3) is 0 Å². The van der Waals surface area contributed by atoms with Crippen molar-refractivity contribution in [2.24, 2.45) is 0 Å². The fourth-order valence-electron chi connectivity index (χ4n) is 1.15. The minimum Gasteiger partial charge on any atom is -0.489 e. The SMILES string of the molecule is CC(=O)c1ccc(OC/C=C/CCl)cc1F. The van der Waals surface area contributed by atoms with Crippen LogP contribution < -0.4 is 4.74 Å². The average molecular weight is 243 g/mol. The molecule has 1 aromatic rings. The van der Waals surface area contributed by atoms with E-state index in [2.05, 4.69) is 0 Å². The molecular weight excluding hydrogens is 231 g/mol. The lowest BCUT2D eigenvalue weighted by atomic mass is 10.1. The molecule has 86 valence electrons. The molecule has 0 N–H and O–H groups in total. The summed E-state index contributed by atoms with van der Waals surface area (Å²) >= 11 is 5.42. The molecule has 0 amide bonds. The van der Waals surface area contributed by atoms with Crippen LogP contribution in [-0.4, -0.2) is 18.3 Å². The lowest BCUT2D eigenvalue weighted by Crippen LogP contribution is -1.99. The van der Waals surface area contributed by atoms with Gasteiger partial charge in [0, 0.05) is 11.9 Å². The van der Waals surface area contributed by atoms with Crippen LogP contribution in [0.3, 0.4) is 0 Å². The summed E-state index contributed by atoms with van der Waals surface area (Å²) in [5, 5.41) is 0. The van der Waals surface area contributed by atoms with Crippen molar-refractivity contribution >= 4 is 17.4 Å². The minimum absolute atomic E-state index is 0.0728. The van der Waals surface area contributed by atoms with E-state index in [1.165, 1.54) is 19.1 Å². The van der Waals surface area contributed by atoms with Gasteiger partial charge in [-0.15, -0.1) is 11.6 Å². The van der Waals surface area contributed by atoms with Gasteiger partial charge in [-0.1, -0.05) is 12.2 Å². The summed E-state index contributed by atoms with van der Waals surface area (Å²) < 4.78 is 18.6. The molecule has 1 rings (SSSR count). The lowest BCUT2D eigenvalue weighted by molar-refractivity contribution is 0.101. The van der Waals surface area contributed by atoms with E-state index in [1.807, 2.05) is 0 Å². The summed E-state index contributed by atoms with van der Waals surface area (Å²) in [7, 11) is 0. The largest absolute Gasteiger partial charge is 0.489 e. The molecule has 0 fully saturated rings. The number of ether oxygens (including phenoxy) is 1. The Morgan fingerprint density at radius 3 is 2.81 bits per heavy atom. The van der Waals surface area contributed by atoms with Crippen molar-refractivity contribution in [2.45, 2.75) is 6.92 Å². The van der Waals surface area contributed by atoms with Crippen molar-refractivity contribution in [1.29, 1.82) is 0 Å². The number of Topliss-reactive ketones (excluding diaryl/α,β-unsaturated/α-hetero) is 1. The molecule has 0 atom stereocenters. The highest BCUT2D eigenvalue weighted by molar-refractivity contribution is 6.18. The highest BCUT2D eigenvalue weighted by Crippen LogP contribution is 2.17. The van der Waals surface area contributed by atoms with Crippen molar-refractivity contribution in [2.75, 3.05) is 12.5 Å². The van der Waals surface area contributed by atoms with Gasteiger partial charge in [-0.05, 0) is 19.1 Å². The zero-order valence-electron chi connectivity index (χ0n) is 8.87. The minimum atomic E-state index is -0.564. The normalized spacial score (nSPS) is 10.7. The van der Waals surface area contributed by atoms with Gasteiger partial charge in [-0.3, -0.25) is 4.79 Å². The molecule has 2 nitrogen and oxygen atoms in total. The third kappa shape index (κ3) is 3.66. The third-order valence-corrected chi connectivity index (χ3v) is 2.10. The Labute approximate surface area is 98.7 Å². The zero-order chi connectivity index (χ0) is 12.0. The highest BCUT2D eigenvalue weighted by Gasteiger charge is 2.07. The van der Waals surface area contributed by atoms with Crippen molar-refractivity contribution in [1.82, 2.24) is 0 Å². The molecule has 0 saturated carbocycles. The van der Waals surface area contributed by atoms with Gasteiger partial charge in [0.15, 0.2) is 5.78 Å². The van der Waals surface area contributed by atoms with E-state index in [0.29, 0.717) is 18.2 Å². The number of alkyl halides is 1. The molecule has 0 saturated heterocycles. The quantitative estimate of drug-likeness (QED) is 0.450. The maximum absolute atomic E-state index is 13.3. The predicted octanol–water partition coefficient (Wildman–Crippen LogP) is 3.20. The summed E-state index contributed by atoms with van der Waals surface area (Å²) in [5.41, 5.74) is 0.0728. The summed E-state index contributed by atoms with van der Waals surface area (Å²) in [6.07, 6.45) is 3.48. The third-order valence-electron chi connectivity index (χ3n) is 1.92. The molecule has 16 heavy (non-hydrogen) atoms. The van der Waals surface area contributed by atoms with Crippen molar-refractivity contribution in [3.05, 3.63) is 41.7 Å². The van der Waals surface area contributed by atoms with E-state index in [0.717, 1.165) is 0 Å². The number of benzene rings is 1. The van der Waals surface area contributed by atoms with Crippen LogP contribution >= 0.6 is 11.6 Å². The summed E-state index contributed by atoms with van der Waals surface area (Å²) in [6.45, 7) is 1.65. The van der Waals surface area contributed by atoms with E-state index in [4.69, 9.17) is 16.3 Å². The second-order valence-electron chi connectivity index (χ2n) is 3.13. The van der Waals surface area contributed by atoms with Gasteiger partial charge in [-0.2, -0.15) is 0 Å². The van der Waals surface area contributed by atoms with Crippen LogP contribution in [0.5, 0.6) is 5.75 Å². The number of carbonyl (C=O) groups excluding carboxylic acids is 1. The molecule has 1 aromatic carbocycles. The van der Waals surface area contributed by atoms with Gasteiger partial charge >= 0.3 is 0 Å². The number of hydrogen-bond donors (Lipinski definition) is 0. The Balaban J connectivity index is 2.66. The molecule has 4 heteroatoms. The van der Waals surface area contributed by atoms with Gasteiger partial charge in [0.05, 0.1) is 5.56 Å². The van der Waals surface area contributed by atoms with E-state index >= 15 is 0 Å². The first-order valence-electron chi connectivity index (χ1n) is 4.79. The van der Waals surface area contributed by atoms with Crippen LogP contribution in [0.4, 0.5) is 4.39 Å². The molecule has 0 spiro atoms. The second-order valence-corrected chi connectivity index (χ2v) is 3.44. The van der Waals surface area contributed by atoms with E-state index in [9.17, 15) is 9.18 Å². The van der Waals surface area contributed by atoms with Crippen LogP contribution in [0, 0.1) is 5.82 Å². The van der Waals surface area contributed by atoms with Crippen LogP contribution in [0.1, 0.15) is 17.3 Å². The molecule has 0 unspecified atom stereocenters. The van der Waals surface area contributed by atoms with Crippen molar-refractivity contribution in [3.63, 3.8) is 0 Å². The number of carbonyl (C=O) groups is 1. The number of rotatable bonds is 5. The molecule has 0 radical (unpaired) electrons. The number of halogens is 2. The first-order valence-corrected chi connectivity index (χ1v) is 5.33. The standard InChI is InChI=1S/C12H12ClFO2/c1-9(15)11-5-4-10(8-12(11)14)16-7-3-2-6-13/h2-5,8H,6-7H2,1H3/b3-2+. The van der Waals surface area contributed by atoms with E-state index in [1.54, 1.807) is 18.2 Å². The molecule has 0 aliphatic heterocycles. The maximum atomic E-state index is 13.3. The first-order chi connectivity index (χ1) is 7.65. The fraction of sp³-hybridized carbons (Fsp3) is 0.250. The first kappa shape index (κ1) is 12.7.